The maximum Gasteiger partial charge on any atom is 0.233 e. The van der Waals surface area contributed by atoms with Crippen molar-refractivity contribution in [2.75, 3.05) is 6.61 Å². The van der Waals surface area contributed by atoms with E-state index in [2.05, 4.69) is 5.32 Å². The van der Waals surface area contributed by atoms with Crippen LogP contribution in [0.1, 0.15) is 45.4 Å². The zero-order valence-electron chi connectivity index (χ0n) is 10.9. The fourth-order valence-corrected chi connectivity index (χ4v) is 3.31. The lowest BCUT2D eigenvalue weighted by atomic mass is 9.84. The first-order valence-electron chi connectivity index (χ1n) is 6.77. The van der Waals surface area contributed by atoms with Crippen molar-refractivity contribution in [3.63, 3.8) is 0 Å². The third-order valence-corrected chi connectivity index (χ3v) is 4.57. The van der Waals surface area contributed by atoms with Crippen LogP contribution in [-0.2, 0) is 9.53 Å². The lowest BCUT2D eigenvalue weighted by Crippen LogP contribution is -2.51. The van der Waals surface area contributed by atoms with Crippen LogP contribution in [-0.4, -0.2) is 29.6 Å². The highest BCUT2D eigenvalue weighted by molar-refractivity contribution is 7.80. The van der Waals surface area contributed by atoms with Gasteiger partial charge in [0, 0.05) is 12.6 Å². The SMILES string of the molecule is CC1CC(NC(=O)C2(C(N)=S)CCCC2)CCO1. The van der Waals surface area contributed by atoms with E-state index in [1.54, 1.807) is 0 Å². The fraction of sp³-hybridized carbons (Fsp3) is 0.846. The van der Waals surface area contributed by atoms with E-state index in [0.29, 0.717) is 11.6 Å². The van der Waals surface area contributed by atoms with E-state index in [1.807, 2.05) is 6.92 Å². The summed E-state index contributed by atoms with van der Waals surface area (Å²) in [6.07, 6.45) is 5.64. The molecule has 2 fully saturated rings. The van der Waals surface area contributed by atoms with Gasteiger partial charge in [-0.3, -0.25) is 4.79 Å². The van der Waals surface area contributed by atoms with Gasteiger partial charge in [-0.1, -0.05) is 25.1 Å². The zero-order chi connectivity index (χ0) is 13.2. The van der Waals surface area contributed by atoms with Gasteiger partial charge in [-0.05, 0) is 32.6 Å². The summed E-state index contributed by atoms with van der Waals surface area (Å²) in [5.74, 6) is 0.0339. The van der Waals surface area contributed by atoms with Gasteiger partial charge in [0.1, 0.15) is 0 Å². The van der Waals surface area contributed by atoms with E-state index >= 15 is 0 Å². The molecule has 2 unspecified atom stereocenters. The second kappa shape index (κ2) is 5.53. The smallest absolute Gasteiger partial charge is 0.233 e. The van der Waals surface area contributed by atoms with Gasteiger partial charge in [-0.25, -0.2) is 0 Å². The first kappa shape index (κ1) is 13.7. The standard InChI is InChI=1S/C13H22N2O2S/c1-9-8-10(4-7-17-9)15-12(16)13(11(14)18)5-2-3-6-13/h9-10H,2-8H2,1H3,(H2,14,18)(H,15,16). The molecule has 1 heterocycles. The topological polar surface area (TPSA) is 64.4 Å². The molecule has 0 aromatic heterocycles. The molecule has 1 saturated heterocycles. The summed E-state index contributed by atoms with van der Waals surface area (Å²) >= 11 is 5.13. The number of hydrogen-bond donors (Lipinski definition) is 2. The lowest BCUT2D eigenvalue weighted by molar-refractivity contribution is -0.129. The van der Waals surface area contributed by atoms with Gasteiger partial charge >= 0.3 is 0 Å². The number of amides is 1. The highest BCUT2D eigenvalue weighted by Gasteiger charge is 2.44. The van der Waals surface area contributed by atoms with Crippen molar-refractivity contribution >= 4 is 23.1 Å². The largest absolute Gasteiger partial charge is 0.392 e. The molecule has 3 N–H and O–H groups in total. The predicted molar refractivity (Wildman–Crippen MR) is 74.3 cm³/mol. The third kappa shape index (κ3) is 2.67. The van der Waals surface area contributed by atoms with E-state index in [4.69, 9.17) is 22.7 Å². The van der Waals surface area contributed by atoms with Crippen LogP contribution in [0.4, 0.5) is 0 Å². The van der Waals surface area contributed by atoms with Crippen molar-refractivity contribution in [2.45, 2.75) is 57.6 Å². The van der Waals surface area contributed by atoms with Crippen LogP contribution in [0.15, 0.2) is 0 Å². The van der Waals surface area contributed by atoms with Crippen LogP contribution >= 0.6 is 12.2 Å². The average Bonchev–Trinajstić information content (AvgIpc) is 2.79. The lowest BCUT2D eigenvalue weighted by Gasteiger charge is -2.32. The zero-order valence-corrected chi connectivity index (χ0v) is 11.7. The van der Waals surface area contributed by atoms with Gasteiger partial charge in [-0.2, -0.15) is 0 Å². The minimum Gasteiger partial charge on any atom is -0.392 e. The Bertz CT molecular complexity index is 340. The molecule has 0 aromatic rings. The number of ether oxygens (including phenoxy) is 1. The molecule has 1 amide bonds. The van der Waals surface area contributed by atoms with Gasteiger partial charge in [0.15, 0.2) is 0 Å². The molecule has 1 aliphatic heterocycles. The van der Waals surface area contributed by atoms with Crippen molar-refractivity contribution in [3.05, 3.63) is 0 Å². The first-order chi connectivity index (χ1) is 8.54. The molecule has 102 valence electrons. The summed E-state index contributed by atoms with van der Waals surface area (Å²) in [6.45, 7) is 2.75. The number of hydrogen-bond acceptors (Lipinski definition) is 3. The van der Waals surface area contributed by atoms with E-state index < -0.39 is 5.41 Å². The molecule has 0 spiro atoms. The Morgan fingerprint density at radius 2 is 2.11 bits per heavy atom. The second-order valence-corrected chi connectivity index (χ2v) is 5.97. The monoisotopic (exact) mass is 270 g/mol. The van der Waals surface area contributed by atoms with Gasteiger partial charge in [-0.15, -0.1) is 0 Å². The van der Waals surface area contributed by atoms with E-state index in [9.17, 15) is 4.79 Å². The molecular formula is C13H22N2O2S. The van der Waals surface area contributed by atoms with Crippen molar-refractivity contribution in [1.82, 2.24) is 5.32 Å². The molecule has 0 bridgehead atoms. The Balaban J connectivity index is 1.99. The Hall–Kier alpha value is -0.680. The van der Waals surface area contributed by atoms with Crippen LogP contribution in [0.25, 0.3) is 0 Å². The molecule has 4 nitrogen and oxygen atoms in total. The average molecular weight is 270 g/mol. The normalized spacial score (nSPS) is 30.9. The van der Waals surface area contributed by atoms with Crippen LogP contribution in [0.5, 0.6) is 0 Å². The van der Waals surface area contributed by atoms with Crippen molar-refractivity contribution < 1.29 is 9.53 Å². The molecule has 2 atom stereocenters. The fourth-order valence-electron chi connectivity index (χ4n) is 3.02. The van der Waals surface area contributed by atoms with Gasteiger partial charge < -0.3 is 15.8 Å². The van der Waals surface area contributed by atoms with Crippen LogP contribution in [0.2, 0.25) is 0 Å². The van der Waals surface area contributed by atoms with Crippen LogP contribution in [0.3, 0.4) is 0 Å². The summed E-state index contributed by atoms with van der Waals surface area (Å²) < 4.78 is 5.49. The van der Waals surface area contributed by atoms with Crippen LogP contribution in [0, 0.1) is 5.41 Å². The second-order valence-electron chi connectivity index (χ2n) is 5.53. The van der Waals surface area contributed by atoms with Crippen molar-refractivity contribution in [3.8, 4) is 0 Å². The molecule has 1 aliphatic carbocycles. The number of carbonyl (C=O) groups excluding carboxylic acids is 1. The van der Waals surface area contributed by atoms with Crippen molar-refractivity contribution in [2.24, 2.45) is 11.1 Å². The van der Waals surface area contributed by atoms with Gasteiger partial charge in [0.25, 0.3) is 0 Å². The third-order valence-electron chi connectivity index (χ3n) is 4.18. The van der Waals surface area contributed by atoms with Crippen LogP contribution < -0.4 is 11.1 Å². The molecule has 0 aromatic carbocycles. The first-order valence-corrected chi connectivity index (χ1v) is 7.18. The van der Waals surface area contributed by atoms with E-state index in [1.165, 1.54) is 0 Å². The maximum atomic E-state index is 12.5. The van der Waals surface area contributed by atoms with E-state index in [0.717, 1.165) is 38.5 Å². The molecule has 2 rings (SSSR count). The minimum absolute atomic E-state index is 0.0339. The van der Waals surface area contributed by atoms with Gasteiger partial charge in [0.2, 0.25) is 5.91 Å². The highest BCUT2D eigenvalue weighted by atomic mass is 32.1. The number of carbonyl (C=O) groups is 1. The number of thiocarbonyl (C=S) groups is 1. The Morgan fingerprint density at radius 1 is 1.44 bits per heavy atom. The minimum atomic E-state index is -0.586. The summed E-state index contributed by atoms with van der Waals surface area (Å²) in [4.78, 5) is 12.8. The molecule has 0 radical (unpaired) electrons. The molecule has 2 aliphatic rings. The molecule has 1 saturated carbocycles. The number of nitrogens with two attached hydrogens (primary N) is 1. The van der Waals surface area contributed by atoms with Crippen molar-refractivity contribution in [1.29, 1.82) is 0 Å². The molecule has 5 heteroatoms. The number of rotatable bonds is 3. The molecule has 18 heavy (non-hydrogen) atoms. The summed E-state index contributed by atoms with van der Waals surface area (Å²) in [5, 5.41) is 3.13. The maximum absolute atomic E-state index is 12.5. The molecular weight excluding hydrogens is 248 g/mol. The summed E-state index contributed by atoms with van der Waals surface area (Å²) in [7, 11) is 0. The summed E-state index contributed by atoms with van der Waals surface area (Å²) in [5.41, 5.74) is 5.23. The number of nitrogens with one attached hydrogen (secondary N) is 1. The van der Waals surface area contributed by atoms with E-state index in [-0.39, 0.29) is 18.1 Å². The predicted octanol–water partition coefficient (Wildman–Crippen LogP) is 1.52. The Kier molecular flexibility index (Phi) is 4.22. The highest BCUT2D eigenvalue weighted by Crippen LogP contribution is 2.39. The Labute approximate surface area is 114 Å². The summed E-state index contributed by atoms with van der Waals surface area (Å²) in [6, 6.07) is 0.202. The van der Waals surface area contributed by atoms with Gasteiger partial charge in [0.05, 0.1) is 16.5 Å². The quantitative estimate of drug-likeness (QED) is 0.763. The Morgan fingerprint density at radius 3 is 2.67 bits per heavy atom.